The van der Waals surface area contributed by atoms with E-state index in [-0.39, 0.29) is 72.7 Å². The van der Waals surface area contributed by atoms with Crippen LogP contribution in [0.25, 0.3) is 0 Å². The van der Waals surface area contributed by atoms with Gasteiger partial charge >= 0.3 is 0 Å². The smallest absolute Gasteiger partial charge is 0.104 e. The molecule has 0 saturated carbocycles. The highest BCUT2D eigenvalue weighted by atomic mass is 16.6. The minimum absolute atomic E-state index is 0.135. The molecule has 0 aliphatic heterocycles. The molecule has 0 bridgehead atoms. The van der Waals surface area contributed by atoms with Crippen LogP contribution in [0.15, 0.2) is 0 Å². The number of nitrogens with one attached hydrogen (secondary N) is 5. The van der Waals surface area contributed by atoms with Crippen molar-refractivity contribution in [1.82, 2.24) is 56.0 Å². The molecule has 0 amide bonds. The topological polar surface area (TPSA) is 586 Å². The SMILES string of the molecule is NCCN(CCN)CCCCCOCCOCCOCC(COCC(COCC(COCC(COCCOCCOCCNCCN(CCN)CCN)OCCOCCOCCNCCN(CCN)CCN)OCCOCCOCCNCCN(CCN)CCN)OCCOCCOCCNCCN(CCN)CCN)OCCOCCOCCNCCN(CCN)CCN. The van der Waals surface area contributed by atoms with Crippen LogP contribution < -0.4 is 95.4 Å². The summed E-state index contributed by atoms with van der Waals surface area (Å²) in [5, 5.41) is 17.1. The number of unbranched alkanes of at least 4 members (excludes halogenated alkanes) is 2. The summed E-state index contributed by atoms with van der Waals surface area (Å²) in [6, 6.07) is 0. The van der Waals surface area contributed by atoms with E-state index in [2.05, 4.69) is 56.0 Å². The largest absolute Gasteiger partial charge is 0.379 e. The molecular formula is C85H195N23O21. The summed E-state index contributed by atoms with van der Waals surface area (Å²) in [4.78, 5) is 13.5. The Bertz CT molecular complexity index is 1940. The third kappa shape index (κ3) is 93.7. The van der Waals surface area contributed by atoms with Crippen LogP contribution in [0, 0.1) is 0 Å². The Labute approximate surface area is 777 Å². The zero-order valence-corrected chi connectivity index (χ0v) is 80.3. The van der Waals surface area contributed by atoms with Crippen molar-refractivity contribution in [2.45, 2.75) is 43.7 Å². The van der Waals surface area contributed by atoms with E-state index in [9.17, 15) is 0 Å². The lowest BCUT2D eigenvalue weighted by molar-refractivity contribution is -0.126. The minimum atomic E-state index is -0.543. The van der Waals surface area contributed by atoms with Gasteiger partial charge in [-0.05, 0) is 25.8 Å². The van der Waals surface area contributed by atoms with Gasteiger partial charge in [0.05, 0.1) is 244 Å². The third-order valence-electron chi connectivity index (χ3n) is 19.5. The Morgan fingerprint density at radius 3 is 0.504 bits per heavy atom. The van der Waals surface area contributed by atoms with Gasteiger partial charge in [0.25, 0.3) is 0 Å². The standard InChI is InChI=1S/C85H195N23O21/c86-4-27-103(28-5-87)26-2-1-3-44-109-50-56-115-62-64-121-74-82(126-70-66-117-58-52-111-46-22-99-17-40-105(31-8-90)32-9-91)76-123-78-84(128-72-68-119-60-54-113-48-24-101-19-42-107(35-12-94)36-13-95)80-125-81-85(129-73-69-120-61-55-114-49-25-102-20-43-108(37-14-96)38-15-97)79-124-77-83(127-71-67-118-59-53-112-47-23-100-18-41-106(33-10-92)34-11-93)75-122-65-63-116-57-51-110-45-21-98-16-39-104(29-6-88)30-7-89/h82-85,98-102H,1-81,86-97H2. The van der Waals surface area contributed by atoms with Crippen molar-refractivity contribution in [3.05, 3.63) is 0 Å². The molecule has 129 heavy (non-hydrogen) atoms. The maximum Gasteiger partial charge on any atom is 0.104 e. The van der Waals surface area contributed by atoms with Gasteiger partial charge < -0.3 is 200 Å². The minimum Gasteiger partial charge on any atom is -0.379 e. The average molecular weight is 1880 g/mol. The van der Waals surface area contributed by atoms with Gasteiger partial charge in [-0.25, -0.2) is 0 Å². The monoisotopic (exact) mass is 1870 g/mol. The number of hydrogen-bond acceptors (Lipinski definition) is 44. The van der Waals surface area contributed by atoms with Gasteiger partial charge in [0, 0.05) is 262 Å². The van der Waals surface area contributed by atoms with Gasteiger partial charge in [-0.2, -0.15) is 0 Å². The van der Waals surface area contributed by atoms with Gasteiger partial charge in [0.1, 0.15) is 24.4 Å². The summed E-state index contributed by atoms with van der Waals surface area (Å²) in [5.74, 6) is 0. The molecule has 4 unspecified atom stereocenters. The van der Waals surface area contributed by atoms with E-state index < -0.39 is 24.4 Å². The van der Waals surface area contributed by atoms with E-state index in [1.165, 1.54) is 0 Å². The molecule has 0 spiro atoms. The highest BCUT2D eigenvalue weighted by Gasteiger charge is 2.20. The normalized spacial score (nSPS) is 13.2. The van der Waals surface area contributed by atoms with E-state index in [4.69, 9.17) is 168 Å². The molecule has 0 fully saturated rings. The fraction of sp³-hybridized carbons (Fsp3) is 1.00. The molecule has 0 aliphatic carbocycles. The lowest BCUT2D eigenvalue weighted by atomic mass is 10.2. The van der Waals surface area contributed by atoms with Crippen LogP contribution in [-0.4, -0.2) is 567 Å². The predicted octanol–water partition coefficient (Wildman–Crippen LogP) is -8.76. The maximum atomic E-state index is 6.50. The molecule has 0 aromatic carbocycles. The zero-order chi connectivity index (χ0) is 93.4. The number of nitrogens with two attached hydrogens (primary N) is 12. The van der Waals surface area contributed by atoms with Crippen LogP contribution in [0.1, 0.15) is 19.3 Å². The lowest BCUT2D eigenvalue weighted by Crippen LogP contribution is -2.39. The predicted molar refractivity (Wildman–Crippen MR) is 508 cm³/mol. The van der Waals surface area contributed by atoms with Gasteiger partial charge in [-0.15, -0.1) is 0 Å². The van der Waals surface area contributed by atoms with Crippen molar-refractivity contribution < 1.29 is 99.5 Å². The second-order valence-electron chi connectivity index (χ2n) is 30.4. The first-order valence-corrected chi connectivity index (χ1v) is 48.3. The molecule has 0 rings (SSSR count). The fourth-order valence-electron chi connectivity index (χ4n) is 12.7. The highest BCUT2D eigenvalue weighted by molar-refractivity contribution is 4.70. The molecular weight excluding hydrogens is 1680 g/mol. The molecule has 0 aromatic heterocycles. The Morgan fingerprint density at radius 2 is 0.302 bits per heavy atom. The van der Waals surface area contributed by atoms with Crippen LogP contribution in [-0.2, 0) is 99.5 Å². The van der Waals surface area contributed by atoms with Crippen LogP contribution in [0.4, 0.5) is 0 Å². The average Bonchev–Trinajstić information content (AvgIpc) is 0.947. The van der Waals surface area contributed by atoms with Crippen LogP contribution in [0.5, 0.6) is 0 Å². The Kier molecular flexibility index (Phi) is 107. The van der Waals surface area contributed by atoms with E-state index in [0.717, 1.165) is 176 Å². The summed E-state index contributed by atoms with van der Waals surface area (Å²) in [5.41, 5.74) is 69.4. The molecule has 44 nitrogen and oxygen atoms in total. The van der Waals surface area contributed by atoms with E-state index in [0.29, 0.717) is 283 Å². The fourth-order valence-corrected chi connectivity index (χ4v) is 12.7. The van der Waals surface area contributed by atoms with Gasteiger partial charge in [-0.3, -0.25) is 24.5 Å². The molecule has 0 aromatic rings. The number of nitrogens with zero attached hydrogens (tertiary/aromatic N) is 6. The van der Waals surface area contributed by atoms with Crippen molar-refractivity contribution in [3.8, 4) is 0 Å². The van der Waals surface area contributed by atoms with E-state index in [1.54, 1.807) is 0 Å². The van der Waals surface area contributed by atoms with Crippen molar-refractivity contribution in [2.75, 3.05) is 513 Å². The quantitative estimate of drug-likeness (QED) is 0.0252. The van der Waals surface area contributed by atoms with Crippen molar-refractivity contribution in [3.63, 3.8) is 0 Å². The van der Waals surface area contributed by atoms with Crippen molar-refractivity contribution >= 4 is 0 Å². The van der Waals surface area contributed by atoms with Gasteiger partial charge in [0.2, 0.25) is 0 Å². The second kappa shape index (κ2) is 108. The molecule has 44 heteroatoms. The van der Waals surface area contributed by atoms with Gasteiger partial charge in [-0.1, -0.05) is 0 Å². The second-order valence-corrected chi connectivity index (χ2v) is 30.4. The first-order valence-electron chi connectivity index (χ1n) is 48.3. The van der Waals surface area contributed by atoms with Crippen LogP contribution >= 0.6 is 0 Å². The molecule has 29 N–H and O–H groups in total. The zero-order valence-electron chi connectivity index (χ0n) is 80.3. The maximum absolute atomic E-state index is 6.50. The summed E-state index contributed by atoms with van der Waals surface area (Å²) in [6.07, 6.45) is 1.10. The first kappa shape index (κ1) is 127. The van der Waals surface area contributed by atoms with E-state index >= 15 is 0 Å². The Morgan fingerprint density at radius 1 is 0.140 bits per heavy atom. The van der Waals surface area contributed by atoms with Crippen molar-refractivity contribution in [2.24, 2.45) is 68.8 Å². The summed E-state index contributed by atoms with van der Waals surface area (Å²) < 4.78 is 128. The summed E-state index contributed by atoms with van der Waals surface area (Å²) in [7, 11) is 0. The van der Waals surface area contributed by atoms with Crippen LogP contribution in [0.3, 0.4) is 0 Å². The molecule has 776 valence electrons. The molecule has 0 aliphatic rings. The molecule has 4 atom stereocenters. The number of ether oxygens (including phenoxy) is 21. The highest BCUT2D eigenvalue weighted by Crippen LogP contribution is 2.07. The molecule has 0 heterocycles. The molecule has 0 saturated heterocycles. The third-order valence-corrected chi connectivity index (χ3v) is 19.5. The van der Waals surface area contributed by atoms with Gasteiger partial charge in [0.15, 0.2) is 0 Å². The lowest BCUT2D eigenvalue weighted by Gasteiger charge is -2.24. The Hall–Kier alpha value is -1.76. The van der Waals surface area contributed by atoms with Crippen LogP contribution in [0.2, 0.25) is 0 Å². The van der Waals surface area contributed by atoms with E-state index in [1.807, 2.05) is 0 Å². The van der Waals surface area contributed by atoms with Crippen molar-refractivity contribution in [1.29, 1.82) is 0 Å². The molecule has 0 radical (unpaired) electrons. The Balaban J connectivity index is 6.44. The number of hydrogen-bond donors (Lipinski definition) is 17. The number of rotatable bonds is 116. The summed E-state index contributed by atoms with van der Waals surface area (Å²) in [6.45, 7) is 43.7. The summed E-state index contributed by atoms with van der Waals surface area (Å²) >= 11 is 0. The first-order chi connectivity index (χ1) is 63.7.